The van der Waals surface area contributed by atoms with Crippen molar-refractivity contribution in [3.8, 4) is 0 Å². The molecule has 2 aliphatic rings. The van der Waals surface area contributed by atoms with Crippen molar-refractivity contribution in [2.45, 2.75) is 293 Å². The molecule has 2 saturated heterocycles. The van der Waals surface area contributed by atoms with Crippen molar-refractivity contribution in [1.29, 1.82) is 0 Å². The number of allylic oxidation sites excluding steroid dienone is 15. The molecule has 2 heterocycles. The van der Waals surface area contributed by atoms with Crippen molar-refractivity contribution in [3.63, 3.8) is 0 Å². The van der Waals surface area contributed by atoms with Gasteiger partial charge in [0.05, 0.1) is 32.0 Å². The van der Waals surface area contributed by atoms with Gasteiger partial charge in [0.15, 0.2) is 12.6 Å². The molecule has 0 aromatic rings. The summed E-state index contributed by atoms with van der Waals surface area (Å²) in [5.74, 6) is -0.275. The number of rotatable bonds is 49. The molecule has 9 N–H and O–H groups in total. The summed E-state index contributed by atoms with van der Waals surface area (Å²) in [5.41, 5.74) is 0. The van der Waals surface area contributed by atoms with E-state index in [9.17, 15) is 45.6 Å². The minimum absolute atomic E-state index is 0.242. The molecule has 0 radical (unpaired) electrons. The minimum atomic E-state index is -1.80. The third kappa shape index (κ3) is 35.1. The first-order valence-corrected chi connectivity index (χ1v) is 31.5. The molecule has 0 aliphatic carbocycles. The summed E-state index contributed by atoms with van der Waals surface area (Å²) in [6.45, 7) is 2.65. The number of carbonyl (C=O) groups excluding carboxylic acids is 1. The number of amides is 1. The fourth-order valence-electron chi connectivity index (χ4n) is 9.70. The highest BCUT2D eigenvalue weighted by molar-refractivity contribution is 5.76. The number of aliphatic hydroxyl groups excluding tert-OH is 8. The first kappa shape index (κ1) is 73.0. The summed E-state index contributed by atoms with van der Waals surface area (Å²) >= 11 is 0. The van der Waals surface area contributed by atoms with Gasteiger partial charge in [-0.25, -0.2) is 0 Å². The first-order chi connectivity index (χ1) is 39.1. The number of aliphatic hydroxyl groups is 8. The Morgan fingerprint density at radius 2 is 0.875 bits per heavy atom. The highest BCUT2D eigenvalue weighted by Gasteiger charge is 2.51. The van der Waals surface area contributed by atoms with E-state index in [1.807, 2.05) is 6.08 Å². The lowest BCUT2D eigenvalue weighted by atomic mass is 9.97. The largest absolute Gasteiger partial charge is 0.394 e. The Hall–Kier alpha value is -3.09. The summed E-state index contributed by atoms with van der Waals surface area (Å²) in [4.78, 5) is 13.3. The molecule has 80 heavy (non-hydrogen) atoms. The summed E-state index contributed by atoms with van der Waals surface area (Å²) < 4.78 is 22.8. The Labute approximate surface area is 483 Å². The van der Waals surface area contributed by atoms with Crippen LogP contribution in [0.4, 0.5) is 0 Å². The van der Waals surface area contributed by atoms with Gasteiger partial charge in [-0.3, -0.25) is 4.79 Å². The van der Waals surface area contributed by atoms with Crippen molar-refractivity contribution >= 4 is 5.91 Å². The molecule has 2 aliphatic heterocycles. The van der Waals surface area contributed by atoms with Gasteiger partial charge in [-0.2, -0.15) is 0 Å². The van der Waals surface area contributed by atoms with Gasteiger partial charge < -0.3 is 65.1 Å². The number of nitrogens with one attached hydrogen (secondary N) is 1. The molecule has 0 saturated carbocycles. The predicted molar refractivity (Wildman–Crippen MR) is 323 cm³/mol. The molecule has 2 rings (SSSR count). The summed E-state index contributed by atoms with van der Waals surface area (Å²) in [6.07, 6.45) is 53.0. The molecule has 12 unspecified atom stereocenters. The van der Waals surface area contributed by atoms with Crippen molar-refractivity contribution in [1.82, 2.24) is 5.32 Å². The van der Waals surface area contributed by atoms with E-state index in [1.165, 1.54) is 96.3 Å². The lowest BCUT2D eigenvalue weighted by molar-refractivity contribution is -0.359. The molecule has 14 nitrogen and oxygen atoms in total. The molecule has 0 spiro atoms. The lowest BCUT2D eigenvalue weighted by Crippen LogP contribution is -2.65. The second-order valence-corrected chi connectivity index (χ2v) is 21.8. The lowest BCUT2D eigenvalue weighted by Gasteiger charge is -2.46. The highest BCUT2D eigenvalue weighted by Crippen LogP contribution is 2.30. The number of unbranched alkanes of at least 4 members (excludes halogenated alkanes) is 22. The molecule has 0 aromatic heterocycles. The van der Waals surface area contributed by atoms with Crippen molar-refractivity contribution < 1.29 is 64.6 Å². The number of ether oxygens (including phenoxy) is 4. The molecule has 460 valence electrons. The van der Waals surface area contributed by atoms with E-state index in [2.05, 4.69) is 104 Å². The van der Waals surface area contributed by atoms with E-state index in [1.54, 1.807) is 6.08 Å². The zero-order valence-corrected chi connectivity index (χ0v) is 49.5. The van der Waals surface area contributed by atoms with Crippen molar-refractivity contribution in [3.05, 3.63) is 97.2 Å². The number of hydrogen-bond acceptors (Lipinski definition) is 13. The predicted octanol–water partition coefficient (Wildman–Crippen LogP) is 11.4. The molecule has 0 aromatic carbocycles. The Kier molecular flexibility index (Phi) is 46.0. The van der Waals surface area contributed by atoms with Crippen LogP contribution in [0.15, 0.2) is 97.2 Å². The normalized spacial score (nSPS) is 24.9. The highest BCUT2D eigenvalue weighted by atomic mass is 16.7. The maximum Gasteiger partial charge on any atom is 0.220 e. The Morgan fingerprint density at radius 3 is 1.38 bits per heavy atom. The number of hydrogen-bond donors (Lipinski definition) is 9. The van der Waals surface area contributed by atoms with E-state index in [0.717, 1.165) is 89.9 Å². The molecular weight excluding hydrogens is 1010 g/mol. The zero-order valence-electron chi connectivity index (χ0n) is 49.5. The van der Waals surface area contributed by atoms with Gasteiger partial charge in [-0.15, -0.1) is 0 Å². The van der Waals surface area contributed by atoms with Crippen LogP contribution in [0.2, 0.25) is 0 Å². The van der Waals surface area contributed by atoms with E-state index in [4.69, 9.17) is 18.9 Å². The quantitative estimate of drug-likeness (QED) is 0.0204. The molecule has 2 fully saturated rings. The zero-order chi connectivity index (χ0) is 58.1. The van der Waals surface area contributed by atoms with Crippen molar-refractivity contribution in [2.24, 2.45) is 0 Å². The average Bonchev–Trinajstić information content (AvgIpc) is 3.46. The third-order valence-electron chi connectivity index (χ3n) is 14.7. The maximum absolute atomic E-state index is 13.3. The van der Waals surface area contributed by atoms with Gasteiger partial charge in [0, 0.05) is 6.42 Å². The van der Waals surface area contributed by atoms with Crippen LogP contribution in [-0.4, -0.2) is 140 Å². The van der Waals surface area contributed by atoms with Gasteiger partial charge in [0.2, 0.25) is 5.91 Å². The molecule has 1 amide bonds. The summed E-state index contributed by atoms with van der Waals surface area (Å²) in [5, 5.41) is 87.2. The van der Waals surface area contributed by atoms with E-state index < -0.39 is 86.8 Å². The van der Waals surface area contributed by atoms with Crippen LogP contribution in [0.3, 0.4) is 0 Å². The van der Waals surface area contributed by atoms with Gasteiger partial charge in [-0.1, -0.05) is 220 Å². The van der Waals surface area contributed by atoms with Crippen LogP contribution in [0.25, 0.3) is 0 Å². The fraction of sp³-hybridized carbons (Fsp3) is 0.742. The molecule has 14 heteroatoms. The standard InChI is InChI=1S/C66H113NO13/c1-3-5-7-9-11-13-15-17-19-21-23-25-26-27-28-30-31-33-35-37-39-41-43-45-47-49-55(70)54(53-77-65-63(76)61(74)64(57(52-69)79-65)80-66-62(75)60(73)59(72)56(51-68)78-66)67-58(71)50-48-46-44-42-40-38-36-34-32-29-24-22-20-18-16-14-12-10-8-6-4-2/h6,8,12,14,18,20,24,29,31,33-34,36,39,41,47,49,54-57,59-66,68-70,72-76H,3-5,7,9-11,13,15-17,19,21-23,25-28,30,32,35,37-38,40,42-46,48,50-53H2,1-2H3,(H,67,71)/b8-6-,14-12-,20-18-,29-24-,33-31+,36-34-,41-39+,49-47+. The molecular formula is C66H113NO13. The van der Waals surface area contributed by atoms with Crippen molar-refractivity contribution in [2.75, 3.05) is 19.8 Å². The topological polar surface area (TPSA) is 228 Å². The second kappa shape index (κ2) is 50.4. The van der Waals surface area contributed by atoms with Crippen LogP contribution in [-0.2, 0) is 23.7 Å². The maximum atomic E-state index is 13.3. The van der Waals surface area contributed by atoms with E-state index >= 15 is 0 Å². The Balaban J connectivity index is 1.79. The second-order valence-electron chi connectivity index (χ2n) is 21.8. The van der Waals surface area contributed by atoms with E-state index in [-0.39, 0.29) is 18.9 Å². The van der Waals surface area contributed by atoms with Crippen LogP contribution in [0.1, 0.15) is 219 Å². The SMILES string of the molecule is CC/C=C\C/C=C\C/C=C\C/C=C\C/C=C\CCCCCCCC(=O)NC(COC1OC(CO)C(OC2OC(CO)C(O)C(O)C2O)C(O)C1O)C(O)/C=C/CC/C=C/CC/C=C/CCCCCCCCCCCCCCCCC. The summed E-state index contributed by atoms with van der Waals surface area (Å²) in [6, 6.07) is -0.956. The van der Waals surface area contributed by atoms with Gasteiger partial charge >= 0.3 is 0 Å². The Bertz CT molecular complexity index is 1710. The summed E-state index contributed by atoms with van der Waals surface area (Å²) in [7, 11) is 0. The third-order valence-corrected chi connectivity index (χ3v) is 14.7. The first-order valence-electron chi connectivity index (χ1n) is 31.5. The van der Waals surface area contributed by atoms with Gasteiger partial charge in [0.1, 0.15) is 48.8 Å². The van der Waals surface area contributed by atoms with Gasteiger partial charge in [0.25, 0.3) is 0 Å². The van der Waals surface area contributed by atoms with Crippen LogP contribution < -0.4 is 5.32 Å². The molecule has 12 atom stereocenters. The fourth-order valence-corrected chi connectivity index (χ4v) is 9.70. The smallest absolute Gasteiger partial charge is 0.220 e. The van der Waals surface area contributed by atoms with Gasteiger partial charge in [-0.05, 0) is 89.9 Å². The minimum Gasteiger partial charge on any atom is -0.394 e. The van der Waals surface area contributed by atoms with Crippen LogP contribution >= 0.6 is 0 Å². The Morgan fingerprint density at radius 1 is 0.463 bits per heavy atom. The van der Waals surface area contributed by atoms with Crippen LogP contribution in [0.5, 0.6) is 0 Å². The van der Waals surface area contributed by atoms with E-state index in [0.29, 0.717) is 12.8 Å². The van der Waals surface area contributed by atoms with Crippen LogP contribution in [0, 0.1) is 0 Å². The molecule has 0 bridgehead atoms. The average molecular weight is 1130 g/mol. The number of carbonyl (C=O) groups is 1. The monoisotopic (exact) mass is 1130 g/mol.